The van der Waals surface area contributed by atoms with E-state index >= 15 is 0 Å². The van der Waals surface area contributed by atoms with E-state index in [9.17, 15) is 9.36 Å². The predicted molar refractivity (Wildman–Crippen MR) is 91.3 cm³/mol. The van der Waals surface area contributed by atoms with Crippen molar-refractivity contribution in [3.8, 4) is 0 Å². The maximum absolute atomic E-state index is 12.2. The number of phosphoric ester groups is 1. The zero-order valence-corrected chi connectivity index (χ0v) is 14.9. The Labute approximate surface area is 142 Å². The molecule has 24 heavy (non-hydrogen) atoms. The van der Waals surface area contributed by atoms with Gasteiger partial charge in [0.2, 0.25) is 5.91 Å². The highest BCUT2D eigenvalue weighted by atomic mass is 31.2. The first-order valence-electron chi connectivity index (χ1n) is 8.52. The molecule has 1 aromatic carbocycles. The van der Waals surface area contributed by atoms with Crippen LogP contribution in [0.1, 0.15) is 62.6 Å². The number of amides is 1. The summed E-state index contributed by atoms with van der Waals surface area (Å²) in [5.41, 5.74) is 1.82. The molecule has 1 aliphatic rings. The van der Waals surface area contributed by atoms with Crippen LogP contribution in [0.15, 0.2) is 24.3 Å². The van der Waals surface area contributed by atoms with Crippen molar-refractivity contribution >= 4 is 13.7 Å². The summed E-state index contributed by atoms with van der Waals surface area (Å²) in [5, 5.41) is 2.89. The minimum atomic E-state index is -4.61. The molecule has 0 spiro atoms. The second-order valence-electron chi connectivity index (χ2n) is 6.25. The van der Waals surface area contributed by atoms with Gasteiger partial charge in [0.05, 0.1) is 12.1 Å². The topological polar surface area (TPSA) is 95.9 Å². The average Bonchev–Trinajstić information content (AvgIpc) is 2.83. The summed E-state index contributed by atoms with van der Waals surface area (Å²) in [6.45, 7) is 2.14. The van der Waals surface area contributed by atoms with Crippen LogP contribution in [0.25, 0.3) is 0 Å². The lowest BCUT2D eigenvalue weighted by molar-refractivity contribution is -0.122. The van der Waals surface area contributed by atoms with Crippen LogP contribution in [0.4, 0.5) is 0 Å². The normalized spacial score (nSPS) is 20.0. The van der Waals surface area contributed by atoms with Crippen molar-refractivity contribution in [1.29, 1.82) is 0 Å². The summed E-state index contributed by atoms with van der Waals surface area (Å²) in [5.74, 6) is -0.104. The number of unbranched alkanes of at least 4 members (excludes halogenated alkanes) is 4. The molecule has 2 atom stereocenters. The predicted octanol–water partition coefficient (Wildman–Crippen LogP) is 3.24. The van der Waals surface area contributed by atoms with Crippen LogP contribution in [-0.2, 0) is 20.3 Å². The van der Waals surface area contributed by atoms with Crippen LogP contribution < -0.4 is 5.32 Å². The minimum Gasteiger partial charge on any atom is -0.347 e. The van der Waals surface area contributed by atoms with Crippen LogP contribution >= 0.6 is 7.82 Å². The van der Waals surface area contributed by atoms with Crippen molar-refractivity contribution in [3.63, 3.8) is 0 Å². The summed E-state index contributed by atoms with van der Waals surface area (Å²) >= 11 is 0. The van der Waals surface area contributed by atoms with Crippen LogP contribution in [0.3, 0.4) is 0 Å². The van der Waals surface area contributed by atoms with E-state index in [1.165, 1.54) is 6.42 Å². The second kappa shape index (κ2) is 8.77. The molecule has 134 valence electrons. The molecular weight excluding hydrogens is 329 g/mol. The fraction of sp³-hybridized carbons (Fsp3) is 0.588. The van der Waals surface area contributed by atoms with E-state index in [1.807, 2.05) is 24.3 Å². The lowest BCUT2D eigenvalue weighted by Gasteiger charge is -2.22. The molecule has 6 nitrogen and oxygen atoms in total. The molecule has 0 unspecified atom stereocenters. The number of fused-ring (bicyclic) bond motifs is 1. The molecule has 1 aliphatic carbocycles. The molecule has 3 N–H and O–H groups in total. The lowest BCUT2D eigenvalue weighted by atomic mass is 10.1. The van der Waals surface area contributed by atoms with Crippen molar-refractivity contribution in [2.24, 2.45) is 0 Å². The van der Waals surface area contributed by atoms with Gasteiger partial charge in [0, 0.05) is 12.8 Å². The van der Waals surface area contributed by atoms with E-state index in [0.717, 1.165) is 36.8 Å². The van der Waals surface area contributed by atoms with Gasteiger partial charge in [-0.05, 0) is 17.5 Å². The Kier molecular flexibility index (Phi) is 6.99. The average molecular weight is 355 g/mol. The maximum atomic E-state index is 12.2. The van der Waals surface area contributed by atoms with Crippen LogP contribution in [0.5, 0.6) is 0 Å². The Morgan fingerprint density at radius 3 is 2.67 bits per heavy atom. The third-order valence-electron chi connectivity index (χ3n) is 4.28. The van der Waals surface area contributed by atoms with Crippen LogP contribution in [0, 0.1) is 0 Å². The summed E-state index contributed by atoms with van der Waals surface area (Å²) in [6, 6.07) is 6.96. The molecule has 0 fully saturated rings. The van der Waals surface area contributed by atoms with E-state index in [4.69, 9.17) is 14.3 Å². The quantitative estimate of drug-likeness (QED) is 0.467. The first-order valence-corrected chi connectivity index (χ1v) is 10.0. The monoisotopic (exact) mass is 355 g/mol. The molecule has 0 aromatic heterocycles. The Hall–Kier alpha value is -1.20. The highest BCUT2D eigenvalue weighted by molar-refractivity contribution is 7.46. The van der Waals surface area contributed by atoms with Gasteiger partial charge in [-0.3, -0.25) is 9.32 Å². The van der Waals surface area contributed by atoms with Gasteiger partial charge in [-0.15, -0.1) is 0 Å². The zero-order valence-electron chi connectivity index (χ0n) is 14.0. The molecule has 0 saturated heterocycles. The van der Waals surface area contributed by atoms with E-state index in [0.29, 0.717) is 12.8 Å². The number of nitrogens with one attached hydrogen (secondary N) is 1. The number of hydrogen-bond acceptors (Lipinski definition) is 3. The van der Waals surface area contributed by atoms with Gasteiger partial charge in [-0.25, -0.2) is 4.57 Å². The SMILES string of the molecule is CCCCCCCC(=O)N[C@@H]1c2ccccc2C[C@@H]1OP(=O)(O)O. The first kappa shape index (κ1) is 19.1. The molecular formula is C17H26NO5P. The largest absolute Gasteiger partial charge is 0.469 e. The van der Waals surface area contributed by atoms with Crippen LogP contribution in [0.2, 0.25) is 0 Å². The van der Waals surface area contributed by atoms with E-state index < -0.39 is 20.0 Å². The number of carbonyl (C=O) groups is 1. The highest BCUT2D eigenvalue weighted by Crippen LogP contribution is 2.44. The molecule has 1 aromatic rings. The Bertz CT molecular complexity index is 600. The number of hydrogen-bond donors (Lipinski definition) is 3. The standard InChI is InChI=1S/C17H26NO5P/c1-2-3-4-5-6-11-16(19)18-17-14-10-8-7-9-13(14)12-15(17)23-24(20,21)22/h7-10,15,17H,2-6,11-12H2,1H3,(H,18,19)(H2,20,21,22)/t15-,17+/m0/s1. The molecule has 0 radical (unpaired) electrons. The zero-order chi connectivity index (χ0) is 17.6. The van der Waals surface area contributed by atoms with Crippen molar-refractivity contribution in [3.05, 3.63) is 35.4 Å². The summed E-state index contributed by atoms with van der Waals surface area (Å²) in [6.07, 6.45) is 5.36. The number of carbonyl (C=O) groups excluding carboxylic acids is 1. The fourth-order valence-electron chi connectivity index (χ4n) is 3.14. The molecule has 1 amide bonds. The van der Waals surface area contributed by atoms with Gasteiger partial charge in [-0.2, -0.15) is 0 Å². The van der Waals surface area contributed by atoms with Crippen LogP contribution in [-0.4, -0.2) is 21.8 Å². The molecule has 0 bridgehead atoms. The van der Waals surface area contributed by atoms with Crippen molar-refractivity contribution in [1.82, 2.24) is 5.32 Å². The van der Waals surface area contributed by atoms with E-state index in [-0.39, 0.29) is 5.91 Å². The van der Waals surface area contributed by atoms with Gasteiger partial charge >= 0.3 is 7.82 Å². The molecule has 2 rings (SSSR count). The van der Waals surface area contributed by atoms with E-state index in [1.54, 1.807) is 0 Å². The third-order valence-corrected chi connectivity index (χ3v) is 4.83. The number of benzene rings is 1. The minimum absolute atomic E-state index is 0.104. The first-order chi connectivity index (χ1) is 11.4. The van der Waals surface area contributed by atoms with Crippen molar-refractivity contribution in [2.45, 2.75) is 64.0 Å². The molecule has 0 heterocycles. The Morgan fingerprint density at radius 2 is 1.96 bits per heavy atom. The maximum Gasteiger partial charge on any atom is 0.469 e. The smallest absolute Gasteiger partial charge is 0.347 e. The van der Waals surface area contributed by atoms with Gasteiger partial charge < -0.3 is 15.1 Å². The second-order valence-corrected chi connectivity index (χ2v) is 7.44. The third kappa shape index (κ3) is 5.71. The summed E-state index contributed by atoms with van der Waals surface area (Å²) in [7, 11) is -4.61. The summed E-state index contributed by atoms with van der Waals surface area (Å²) in [4.78, 5) is 30.4. The van der Waals surface area contributed by atoms with Crippen molar-refractivity contribution in [2.75, 3.05) is 0 Å². The summed E-state index contributed by atoms with van der Waals surface area (Å²) < 4.78 is 16.1. The van der Waals surface area contributed by atoms with Crippen molar-refractivity contribution < 1.29 is 23.7 Å². The van der Waals surface area contributed by atoms with Gasteiger partial charge in [-0.1, -0.05) is 56.9 Å². The fourth-order valence-corrected chi connectivity index (χ4v) is 3.69. The van der Waals surface area contributed by atoms with E-state index in [2.05, 4.69) is 12.2 Å². The van der Waals surface area contributed by atoms with Gasteiger partial charge in [0.15, 0.2) is 0 Å². The van der Waals surface area contributed by atoms with Gasteiger partial charge in [0.25, 0.3) is 0 Å². The van der Waals surface area contributed by atoms with Gasteiger partial charge in [0.1, 0.15) is 0 Å². The highest BCUT2D eigenvalue weighted by Gasteiger charge is 2.37. The Balaban J connectivity index is 1.96. The number of rotatable bonds is 9. The molecule has 0 saturated carbocycles. The molecule has 0 aliphatic heterocycles. The molecule has 7 heteroatoms. The number of phosphoric acid groups is 1. The lowest BCUT2D eigenvalue weighted by Crippen LogP contribution is -2.34. The Morgan fingerprint density at radius 1 is 1.25 bits per heavy atom.